The van der Waals surface area contributed by atoms with Gasteiger partial charge in [0, 0.05) is 13.2 Å². The lowest BCUT2D eigenvalue weighted by Crippen LogP contribution is -2.31. The lowest BCUT2D eigenvalue weighted by atomic mass is 10.1. The van der Waals surface area contributed by atoms with E-state index in [9.17, 15) is 5.11 Å². The Balaban J connectivity index is 3.07. The molecule has 0 aliphatic carbocycles. The zero-order chi connectivity index (χ0) is 14.9. The van der Waals surface area contributed by atoms with Crippen LogP contribution in [0.3, 0.4) is 0 Å². The largest absolute Gasteiger partial charge is 0.389 e. The summed E-state index contributed by atoms with van der Waals surface area (Å²) < 4.78 is 5.39. The first-order chi connectivity index (χ1) is 9.81. The Morgan fingerprint density at radius 2 is 1.45 bits per heavy atom. The van der Waals surface area contributed by atoms with Crippen LogP contribution in [0.2, 0.25) is 0 Å². The molecule has 0 aromatic carbocycles. The quantitative estimate of drug-likeness (QED) is 0.423. The van der Waals surface area contributed by atoms with Crippen LogP contribution in [0.5, 0.6) is 0 Å². The summed E-state index contributed by atoms with van der Waals surface area (Å²) >= 11 is 0. The van der Waals surface area contributed by atoms with Gasteiger partial charge < -0.3 is 15.2 Å². The van der Waals surface area contributed by atoms with Crippen molar-refractivity contribution in [3.8, 4) is 0 Å². The monoisotopic (exact) mass is 287 g/mol. The number of nitrogens with one attached hydrogen (secondary N) is 1. The number of rotatable bonds is 16. The molecule has 3 heteroatoms. The Hall–Kier alpha value is -0.120. The maximum absolute atomic E-state index is 9.68. The van der Waals surface area contributed by atoms with Gasteiger partial charge in [0.05, 0.1) is 12.7 Å². The van der Waals surface area contributed by atoms with Crippen molar-refractivity contribution in [2.75, 3.05) is 26.3 Å². The molecule has 0 radical (unpaired) electrons. The van der Waals surface area contributed by atoms with Crippen LogP contribution in [-0.4, -0.2) is 37.5 Å². The highest BCUT2D eigenvalue weighted by atomic mass is 16.5. The Morgan fingerprint density at radius 3 is 2.10 bits per heavy atom. The maximum atomic E-state index is 9.68. The van der Waals surface area contributed by atoms with Gasteiger partial charge in [-0.3, -0.25) is 0 Å². The summed E-state index contributed by atoms with van der Waals surface area (Å²) in [5.74, 6) is 0. The van der Waals surface area contributed by atoms with Gasteiger partial charge in [0.1, 0.15) is 0 Å². The van der Waals surface area contributed by atoms with Crippen molar-refractivity contribution >= 4 is 0 Å². The van der Waals surface area contributed by atoms with Gasteiger partial charge in [0.15, 0.2) is 0 Å². The summed E-state index contributed by atoms with van der Waals surface area (Å²) in [4.78, 5) is 0. The van der Waals surface area contributed by atoms with Crippen LogP contribution in [-0.2, 0) is 4.74 Å². The molecular formula is C17H37NO2. The lowest BCUT2D eigenvalue weighted by Gasteiger charge is -2.12. The van der Waals surface area contributed by atoms with E-state index in [4.69, 9.17) is 4.74 Å². The van der Waals surface area contributed by atoms with Gasteiger partial charge in [-0.15, -0.1) is 0 Å². The molecule has 0 aliphatic heterocycles. The Morgan fingerprint density at radius 1 is 0.850 bits per heavy atom. The number of ether oxygens (including phenoxy) is 1. The van der Waals surface area contributed by atoms with Crippen molar-refractivity contribution in [3.63, 3.8) is 0 Å². The smallest absolute Gasteiger partial charge is 0.0897 e. The van der Waals surface area contributed by atoms with Crippen molar-refractivity contribution in [2.45, 2.75) is 84.2 Å². The summed E-state index contributed by atoms with van der Waals surface area (Å²) in [6.45, 7) is 7.31. The Kier molecular flexibility index (Phi) is 16.8. The van der Waals surface area contributed by atoms with Crippen molar-refractivity contribution in [2.24, 2.45) is 0 Å². The Bertz CT molecular complexity index is 176. The average molecular weight is 287 g/mol. The van der Waals surface area contributed by atoms with Gasteiger partial charge in [-0.25, -0.2) is 0 Å². The third kappa shape index (κ3) is 15.9. The molecule has 2 N–H and O–H groups in total. The third-order valence-corrected chi connectivity index (χ3v) is 3.54. The van der Waals surface area contributed by atoms with Crippen LogP contribution in [0, 0.1) is 0 Å². The molecule has 0 heterocycles. The summed E-state index contributed by atoms with van der Waals surface area (Å²) in [7, 11) is 0. The fraction of sp³-hybridized carbons (Fsp3) is 1.00. The van der Waals surface area contributed by atoms with Crippen LogP contribution in [0.15, 0.2) is 0 Å². The van der Waals surface area contributed by atoms with Crippen molar-refractivity contribution in [3.05, 3.63) is 0 Å². The summed E-state index contributed by atoms with van der Waals surface area (Å²) in [6.07, 6.45) is 12.6. The highest BCUT2D eigenvalue weighted by Crippen LogP contribution is 2.07. The first-order valence-corrected chi connectivity index (χ1v) is 8.77. The molecule has 0 rings (SSSR count). The van der Waals surface area contributed by atoms with Gasteiger partial charge in [0.2, 0.25) is 0 Å². The average Bonchev–Trinajstić information content (AvgIpc) is 2.45. The minimum atomic E-state index is -0.360. The SMILES string of the molecule is CCCCCCCCCCNCC(O)COCCCC. The summed E-state index contributed by atoms with van der Waals surface area (Å²) in [5.41, 5.74) is 0. The fourth-order valence-corrected chi connectivity index (χ4v) is 2.18. The number of hydrogen-bond donors (Lipinski definition) is 2. The zero-order valence-electron chi connectivity index (χ0n) is 13.8. The van der Waals surface area contributed by atoms with Gasteiger partial charge in [-0.1, -0.05) is 65.2 Å². The Labute approximate surface area is 126 Å². The molecule has 0 aliphatic rings. The molecule has 0 aromatic heterocycles. The van der Waals surface area contributed by atoms with E-state index in [-0.39, 0.29) is 6.10 Å². The molecule has 0 spiro atoms. The predicted molar refractivity (Wildman–Crippen MR) is 87.2 cm³/mol. The summed E-state index contributed by atoms with van der Waals surface area (Å²) in [6, 6.07) is 0. The van der Waals surface area contributed by atoms with Crippen LogP contribution in [0.25, 0.3) is 0 Å². The third-order valence-electron chi connectivity index (χ3n) is 3.54. The minimum absolute atomic E-state index is 0.360. The fourth-order valence-electron chi connectivity index (χ4n) is 2.18. The maximum Gasteiger partial charge on any atom is 0.0897 e. The second-order valence-electron chi connectivity index (χ2n) is 5.76. The van der Waals surface area contributed by atoms with E-state index in [0.717, 1.165) is 26.0 Å². The number of aliphatic hydroxyl groups is 1. The number of hydrogen-bond acceptors (Lipinski definition) is 3. The van der Waals surface area contributed by atoms with E-state index in [1.807, 2.05) is 0 Å². The van der Waals surface area contributed by atoms with Crippen molar-refractivity contribution in [1.29, 1.82) is 0 Å². The van der Waals surface area contributed by atoms with Gasteiger partial charge in [-0.05, 0) is 19.4 Å². The van der Waals surface area contributed by atoms with Crippen LogP contribution in [0.4, 0.5) is 0 Å². The van der Waals surface area contributed by atoms with Crippen LogP contribution >= 0.6 is 0 Å². The molecule has 1 atom stereocenters. The van der Waals surface area contributed by atoms with E-state index in [1.54, 1.807) is 0 Å². The number of aliphatic hydroxyl groups excluding tert-OH is 1. The molecule has 0 saturated heterocycles. The van der Waals surface area contributed by atoms with E-state index in [0.29, 0.717) is 13.2 Å². The van der Waals surface area contributed by atoms with Gasteiger partial charge in [-0.2, -0.15) is 0 Å². The number of unbranched alkanes of at least 4 members (excludes halogenated alkanes) is 8. The highest BCUT2D eigenvalue weighted by Gasteiger charge is 2.02. The topological polar surface area (TPSA) is 41.5 Å². The second kappa shape index (κ2) is 16.9. The van der Waals surface area contributed by atoms with Gasteiger partial charge in [0.25, 0.3) is 0 Å². The van der Waals surface area contributed by atoms with E-state index in [1.165, 1.54) is 51.4 Å². The molecule has 1 unspecified atom stereocenters. The van der Waals surface area contributed by atoms with E-state index >= 15 is 0 Å². The molecule has 0 fully saturated rings. The van der Waals surface area contributed by atoms with Gasteiger partial charge >= 0.3 is 0 Å². The molecule has 0 bridgehead atoms. The van der Waals surface area contributed by atoms with Crippen molar-refractivity contribution in [1.82, 2.24) is 5.32 Å². The first kappa shape index (κ1) is 19.9. The minimum Gasteiger partial charge on any atom is -0.389 e. The molecule has 0 saturated carbocycles. The molecule has 122 valence electrons. The summed E-state index contributed by atoms with van der Waals surface area (Å²) in [5, 5.41) is 13.0. The molecule has 20 heavy (non-hydrogen) atoms. The molecule has 0 aromatic rings. The van der Waals surface area contributed by atoms with Crippen LogP contribution in [0.1, 0.15) is 78.1 Å². The molecular weight excluding hydrogens is 250 g/mol. The van der Waals surface area contributed by atoms with Crippen LogP contribution < -0.4 is 5.32 Å². The normalized spacial score (nSPS) is 12.8. The standard InChI is InChI=1S/C17H37NO2/c1-3-5-7-8-9-10-11-12-13-18-15-17(19)16-20-14-6-4-2/h17-19H,3-16H2,1-2H3. The predicted octanol–water partition coefficient (Wildman–Crippen LogP) is 3.89. The van der Waals surface area contributed by atoms with E-state index in [2.05, 4.69) is 19.2 Å². The highest BCUT2D eigenvalue weighted by molar-refractivity contribution is 4.58. The van der Waals surface area contributed by atoms with E-state index < -0.39 is 0 Å². The molecule has 3 nitrogen and oxygen atoms in total. The molecule has 0 amide bonds. The lowest BCUT2D eigenvalue weighted by molar-refractivity contribution is 0.0360. The zero-order valence-corrected chi connectivity index (χ0v) is 13.8. The second-order valence-corrected chi connectivity index (χ2v) is 5.76. The van der Waals surface area contributed by atoms with Crippen molar-refractivity contribution < 1.29 is 9.84 Å². The first-order valence-electron chi connectivity index (χ1n) is 8.77.